The normalized spacial score (nSPS) is 19.1. The van der Waals surface area contributed by atoms with Crippen LogP contribution >= 0.6 is 0 Å². The van der Waals surface area contributed by atoms with Gasteiger partial charge in [-0.3, -0.25) is 14.6 Å². The predicted molar refractivity (Wildman–Crippen MR) is 81.2 cm³/mol. The Bertz CT molecular complexity index is 604. The SMILES string of the molecule is CCCN1CCC(NC(=O)c2cccnc2C(F)(F)F)CCC1=O. The van der Waals surface area contributed by atoms with Gasteiger partial charge >= 0.3 is 6.18 Å². The van der Waals surface area contributed by atoms with Crippen molar-refractivity contribution in [3.05, 3.63) is 29.6 Å². The fourth-order valence-electron chi connectivity index (χ4n) is 2.76. The van der Waals surface area contributed by atoms with E-state index >= 15 is 0 Å². The highest BCUT2D eigenvalue weighted by atomic mass is 19.4. The van der Waals surface area contributed by atoms with Crippen LogP contribution in [0.25, 0.3) is 0 Å². The summed E-state index contributed by atoms with van der Waals surface area (Å²) in [5.41, 5.74) is -1.69. The van der Waals surface area contributed by atoms with E-state index in [0.29, 0.717) is 25.9 Å². The summed E-state index contributed by atoms with van der Waals surface area (Å²) in [4.78, 5) is 29.2. The van der Waals surface area contributed by atoms with E-state index in [-0.39, 0.29) is 18.4 Å². The maximum absolute atomic E-state index is 12.9. The summed E-state index contributed by atoms with van der Waals surface area (Å²) in [5, 5.41) is 2.61. The quantitative estimate of drug-likeness (QED) is 0.914. The van der Waals surface area contributed by atoms with E-state index in [0.717, 1.165) is 18.7 Å². The number of hydrogen-bond donors (Lipinski definition) is 1. The minimum absolute atomic E-state index is 0.0194. The molecule has 1 aromatic rings. The average Bonchev–Trinajstić information content (AvgIpc) is 2.70. The van der Waals surface area contributed by atoms with E-state index in [2.05, 4.69) is 10.3 Å². The molecule has 0 radical (unpaired) electrons. The summed E-state index contributed by atoms with van der Waals surface area (Å²) in [6.45, 7) is 3.12. The first-order chi connectivity index (χ1) is 11.3. The monoisotopic (exact) mass is 343 g/mol. The second kappa shape index (κ2) is 7.63. The van der Waals surface area contributed by atoms with Gasteiger partial charge in [0.1, 0.15) is 0 Å². The fraction of sp³-hybridized carbons (Fsp3) is 0.562. The summed E-state index contributed by atoms with van der Waals surface area (Å²) in [6, 6.07) is 2.07. The molecule has 0 bridgehead atoms. The highest BCUT2D eigenvalue weighted by Gasteiger charge is 2.37. The number of nitrogens with one attached hydrogen (secondary N) is 1. The Hall–Kier alpha value is -2.12. The van der Waals surface area contributed by atoms with Crippen molar-refractivity contribution < 1.29 is 22.8 Å². The number of pyridine rings is 1. The molecule has 1 atom stereocenters. The molecule has 1 unspecified atom stereocenters. The lowest BCUT2D eigenvalue weighted by molar-refractivity contribution is -0.141. The van der Waals surface area contributed by atoms with Gasteiger partial charge in [-0.15, -0.1) is 0 Å². The molecule has 5 nitrogen and oxygen atoms in total. The summed E-state index contributed by atoms with van der Waals surface area (Å²) in [6.07, 6.45) is -1.61. The van der Waals surface area contributed by atoms with Crippen LogP contribution in [-0.4, -0.2) is 40.8 Å². The first-order valence-electron chi connectivity index (χ1n) is 7.93. The van der Waals surface area contributed by atoms with Gasteiger partial charge in [-0.05, 0) is 31.4 Å². The second-order valence-electron chi connectivity index (χ2n) is 5.78. The Morgan fingerprint density at radius 2 is 2.17 bits per heavy atom. The molecule has 1 N–H and O–H groups in total. The summed E-state index contributed by atoms with van der Waals surface area (Å²) in [5.74, 6) is -0.789. The average molecular weight is 343 g/mol. The van der Waals surface area contributed by atoms with Crippen molar-refractivity contribution in [1.29, 1.82) is 0 Å². The molecule has 24 heavy (non-hydrogen) atoms. The van der Waals surface area contributed by atoms with Gasteiger partial charge in [0.05, 0.1) is 5.56 Å². The smallest absolute Gasteiger partial charge is 0.349 e. The van der Waals surface area contributed by atoms with Crippen molar-refractivity contribution in [3.63, 3.8) is 0 Å². The Morgan fingerprint density at radius 1 is 1.42 bits per heavy atom. The Labute approximate surface area is 138 Å². The van der Waals surface area contributed by atoms with Crippen LogP contribution in [0, 0.1) is 0 Å². The molecule has 0 aliphatic carbocycles. The van der Waals surface area contributed by atoms with Crippen LogP contribution in [0.5, 0.6) is 0 Å². The van der Waals surface area contributed by atoms with E-state index in [9.17, 15) is 22.8 Å². The van der Waals surface area contributed by atoms with Gasteiger partial charge in [0.25, 0.3) is 5.91 Å². The zero-order valence-electron chi connectivity index (χ0n) is 13.4. The Balaban J connectivity index is 2.07. The number of carbonyl (C=O) groups is 2. The topological polar surface area (TPSA) is 62.3 Å². The molecule has 1 saturated heterocycles. The maximum Gasteiger partial charge on any atom is 0.434 e. The highest BCUT2D eigenvalue weighted by molar-refractivity contribution is 5.95. The molecule has 8 heteroatoms. The third-order valence-corrected chi connectivity index (χ3v) is 3.96. The molecule has 1 aliphatic rings. The molecule has 1 aromatic heterocycles. The summed E-state index contributed by atoms with van der Waals surface area (Å²) in [7, 11) is 0. The molecule has 1 fully saturated rings. The molecule has 1 aliphatic heterocycles. The standard InChI is InChI=1S/C16H20F3N3O2/c1-2-9-22-10-7-11(5-6-13(22)23)21-15(24)12-4-3-8-20-14(12)16(17,18)19/h3-4,8,11H,2,5-7,9-10H2,1H3,(H,21,24). The number of likely N-dealkylation sites (tertiary alicyclic amines) is 1. The first kappa shape index (κ1) is 18.2. The lowest BCUT2D eigenvalue weighted by Crippen LogP contribution is -2.37. The molecule has 2 rings (SSSR count). The molecule has 2 amide bonds. The zero-order valence-corrected chi connectivity index (χ0v) is 13.4. The number of amides is 2. The van der Waals surface area contributed by atoms with Crippen LogP contribution < -0.4 is 5.32 Å². The van der Waals surface area contributed by atoms with Crippen LogP contribution in [0.4, 0.5) is 13.2 Å². The van der Waals surface area contributed by atoms with E-state index in [1.54, 1.807) is 4.90 Å². The number of halogens is 3. The predicted octanol–water partition coefficient (Wildman–Crippen LogP) is 2.62. The minimum Gasteiger partial charge on any atom is -0.349 e. The molecule has 132 valence electrons. The molecule has 0 saturated carbocycles. The zero-order chi connectivity index (χ0) is 17.7. The van der Waals surface area contributed by atoms with Crippen molar-refractivity contribution in [2.24, 2.45) is 0 Å². The third kappa shape index (κ3) is 4.46. The summed E-state index contributed by atoms with van der Waals surface area (Å²) >= 11 is 0. The third-order valence-electron chi connectivity index (χ3n) is 3.96. The lowest BCUT2D eigenvalue weighted by atomic mass is 10.1. The Morgan fingerprint density at radius 3 is 2.83 bits per heavy atom. The van der Waals surface area contributed by atoms with Crippen LogP contribution in [0.2, 0.25) is 0 Å². The van der Waals surface area contributed by atoms with Crippen LogP contribution in [-0.2, 0) is 11.0 Å². The lowest BCUT2D eigenvalue weighted by Gasteiger charge is -2.20. The van der Waals surface area contributed by atoms with Gasteiger partial charge in [0, 0.05) is 31.7 Å². The van der Waals surface area contributed by atoms with Crippen molar-refractivity contribution in [3.8, 4) is 0 Å². The van der Waals surface area contributed by atoms with Gasteiger partial charge in [-0.1, -0.05) is 6.92 Å². The number of rotatable bonds is 4. The van der Waals surface area contributed by atoms with E-state index < -0.39 is 23.3 Å². The van der Waals surface area contributed by atoms with Crippen LogP contribution in [0.3, 0.4) is 0 Å². The van der Waals surface area contributed by atoms with Gasteiger partial charge in [0.2, 0.25) is 5.91 Å². The molecule has 0 aromatic carbocycles. The second-order valence-corrected chi connectivity index (χ2v) is 5.78. The number of carbonyl (C=O) groups excluding carboxylic acids is 2. The summed E-state index contributed by atoms with van der Waals surface area (Å²) < 4.78 is 38.8. The van der Waals surface area contributed by atoms with E-state index in [1.807, 2.05) is 6.92 Å². The largest absolute Gasteiger partial charge is 0.434 e. The number of alkyl halides is 3. The van der Waals surface area contributed by atoms with Gasteiger partial charge in [-0.25, -0.2) is 0 Å². The van der Waals surface area contributed by atoms with Crippen molar-refractivity contribution in [2.75, 3.05) is 13.1 Å². The van der Waals surface area contributed by atoms with Crippen LogP contribution in [0.1, 0.15) is 48.7 Å². The van der Waals surface area contributed by atoms with Crippen molar-refractivity contribution in [2.45, 2.75) is 44.8 Å². The molecule has 2 heterocycles. The van der Waals surface area contributed by atoms with E-state index in [4.69, 9.17) is 0 Å². The van der Waals surface area contributed by atoms with Crippen molar-refractivity contribution >= 4 is 11.8 Å². The fourth-order valence-corrected chi connectivity index (χ4v) is 2.76. The minimum atomic E-state index is -4.69. The number of aromatic nitrogens is 1. The highest BCUT2D eigenvalue weighted by Crippen LogP contribution is 2.30. The van der Waals surface area contributed by atoms with Crippen molar-refractivity contribution in [1.82, 2.24) is 15.2 Å². The van der Waals surface area contributed by atoms with Crippen LogP contribution in [0.15, 0.2) is 18.3 Å². The molecule has 0 spiro atoms. The van der Waals surface area contributed by atoms with Gasteiger partial charge in [0.15, 0.2) is 5.69 Å². The number of hydrogen-bond acceptors (Lipinski definition) is 3. The van der Waals surface area contributed by atoms with Gasteiger partial charge in [-0.2, -0.15) is 13.2 Å². The maximum atomic E-state index is 12.9. The molecular formula is C16H20F3N3O2. The van der Waals surface area contributed by atoms with E-state index in [1.165, 1.54) is 6.07 Å². The number of nitrogens with zero attached hydrogens (tertiary/aromatic N) is 2. The first-order valence-corrected chi connectivity index (χ1v) is 7.93. The van der Waals surface area contributed by atoms with Gasteiger partial charge < -0.3 is 10.2 Å². The molecular weight excluding hydrogens is 323 g/mol. The Kier molecular flexibility index (Phi) is 5.80.